The molecule has 0 radical (unpaired) electrons. The summed E-state index contributed by atoms with van der Waals surface area (Å²) in [6.07, 6.45) is -0.192. The second-order valence-electron chi connectivity index (χ2n) is 1.66. The summed E-state index contributed by atoms with van der Waals surface area (Å²) in [5.41, 5.74) is 0. The smallest absolute Gasteiger partial charge is 0.164 e. The molecular weight excluding hydrogens is 144 g/mol. The Labute approximate surface area is 56.1 Å². The summed E-state index contributed by atoms with van der Waals surface area (Å²) in [7, 11) is 3.27. The fraction of sp³-hybridized carbons (Fsp3) is 1.00. The van der Waals surface area contributed by atoms with Crippen molar-refractivity contribution in [3.05, 3.63) is 0 Å². The Morgan fingerprint density at radius 2 is 2.25 bits per heavy atom. The summed E-state index contributed by atoms with van der Waals surface area (Å²) in [6.45, 7) is 0. The van der Waals surface area contributed by atoms with E-state index >= 15 is 0 Å². The number of aliphatic hydroxyl groups excluding tert-OH is 1. The van der Waals surface area contributed by atoms with E-state index in [0.29, 0.717) is 0 Å². The summed E-state index contributed by atoms with van der Waals surface area (Å²) in [5.74, 6) is 1.05. The van der Waals surface area contributed by atoms with Gasteiger partial charge in [-0.2, -0.15) is 0 Å². The van der Waals surface area contributed by atoms with Crippen molar-refractivity contribution in [2.24, 2.45) is 0 Å². The maximum absolute atomic E-state index is 8.57. The molecule has 1 heterocycles. The van der Waals surface area contributed by atoms with Crippen molar-refractivity contribution in [3.63, 3.8) is 0 Å². The number of hydrogen-bond donors (Lipinski definition) is 2. The maximum Gasteiger partial charge on any atom is 0.164 e. The molecule has 0 bridgehead atoms. The van der Waals surface area contributed by atoms with Crippen molar-refractivity contribution in [1.82, 2.24) is 0 Å². The molecule has 0 saturated carbocycles. The Kier molecular flexibility index (Phi) is 2.49. The summed E-state index contributed by atoms with van der Waals surface area (Å²) in [4.78, 5) is 0. The van der Waals surface area contributed by atoms with E-state index in [1.165, 1.54) is 0 Å². The molecule has 0 amide bonds. The van der Waals surface area contributed by atoms with Gasteiger partial charge in [0, 0.05) is 5.75 Å². The van der Waals surface area contributed by atoms with Gasteiger partial charge in [0.25, 0.3) is 0 Å². The summed E-state index contributed by atoms with van der Waals surface area (Å²) in [6, 6.07) is 0. The Bertz CT molecular complexity index is 70.4. The monoisotopic (exact) mass is 152 g/mol. The van der Waals surface area contributed by atoms with Gasteiger partial charge in [-0.3, -0.25) is 0 Å². The van der Waals surface area contributed by atoms with Gasteiger partial charge >= 0.3 is 0 Å². The predicted octanol–water partition coefficient (Wildman–Crippen LogP) is 0.451. The molecule has 48 valence electrons. The molecule has 1 fully saturated rings. The highest BCUT2D eigenvalue weighted by Crippen LogP contribution is 2.38. The lowest BCUT2D eigenvalue weighted by molar-refractivity contribution is -0.0396. The third-order valence-corrected chi connectivity index (χ3v) is 3.92. The molecule has 2 N–H and O–H groups in total. The third-order valence-electron chi connectivity index (χ3n) is 1.01. The van der Waals surface area contributed by atoms with Crippen molar-refractivity contribution in [2.45, 2.75) is 18.0 Å². The van der Waals surface area contributed by atoms with Crippen LogP contribution in [0.4, 0.5) is 0 Å². The zero-order valence-corrected chi connectivity index (χ0v) is 5.91. The lowest BCUT2D eigenvalue weighted by atomic mass is 10.3. The normalized spacial score (nSPS) is 29.6. The molecular formula is C4H8O2S2. The maximum atomic E-state index is 8.57. The van der Waals surface area contributed by atoms with Gasteiger partial charge in [-0.05, 0) is 6.42 Å². The second kappa shape index (κ2) is 2.96. The molecule has 1 aliphatic rings. The van der Waals surface area contributed by atoms with Crippen LogP contribution in [0.15, 0.2) is 0 Å². The second-order valence-corrected chi connectivity index (χ2v) is 4.39. The average molecular weight is 152 g/mol. The van der Waals surface area contributed by atoms with Gasteiger partial charge in [0.1, 0.15) is 0 Å². The molecule has 4 heteroatoms. The van der Waals surface area contributed by atoms with E-state index in [0.717, 1.165) is 12.2 Å². The largest absolute Gasteiger partial charge is 0.367 e. The van der Waals surface area contributed by atoms with Gasteiger partial charge in [0.2, 0.25) is 0 Å². The Morgan fingerprint density at radius 3 is 2.50 bits per heavy atom. The lowest BCUT2D eigenvalue weighted by Crippen LogP contribution is -2.19. The quantitative estimate of drug-likeness (QED) is 0.423. The topological polar surface area (TPSA) is 40.5 Å². The van der Waals surface area contributed by atoms with Crippen LogP contribution in [0.5, 0.6) is 0 Å². The number of aliphatic hydroxyl groups is 2. The molecule has 1 rings (SSSR count). The predicted molar refractivity (Wildman–Crippen MR) is 36.7 cm³/mol. The highest BCUT2D eigenvalue weighted by atomic mass is 33.1. The highest BCUT2D eigenvalue weighted by molar-refractivity contribution is 8.77. The average Bonchev–Trinajstić information content (AvgIpc) is 2.12. The van der Waals surface area contributed by atoms with E-state index < -0.39 is 6.29 Å². The van der Waals surface area contributed by atoms with Crippen LogP contribution in [-0.4, -0.2) is 27.5 Å². The van der Waals surface area contributed by atoms with Gasteiger partial charge in [-0.1, -0.05) is 21.6 Å². The van der Waals surface area contributed by atoms with Crippen molar-refractivity contribution < 1.29 is 10.2 Å². The van der Waals surface area contributed by atoms with E-state index in [1.54, 1.807) is 21.6 Å². The van der Waals surface area contributed by atoms with E-state index in [-0.39, 0.29) is 5.25 Å². The molecule has 2 nitrogen and oxygen atoms in total. The fourth-order valence-electron chi connectivity index (χ4n) is 0.547. The van der Waals surface area contributed by atoms with Crippen LogP contribution < -0.4 is 0 Å². The zero-order valence-electron chi connectivity index (χ0n) is 4.28. The molecule has 0 spiro atoms. The number of rotatable bonds is 1. The molecule has 1 unspecified atom stereocenters. The minimum absolute atomic E-state index is 0.0556. The van der Waals surface area contributed by atoms with Crippen LogP contribution in [-0.2, 0) is 0 Å². The highest BCUT2D eigenvalue weighted by Gasteiger charge is 2.22. The van der Waals surface area contributed by atoms with E-state index in [4.69, 9.17) is 10.2 Å². The van der Waals surface area contributed by atoms with Crippen LogP contribution in [0, 0.1) is 0 Å². The SMILES string of the molecule is OC(O)C1CCSS1. The first kappa shape index (κ1) is 6.74. The lowest BCUT2D eigenvalue weighted by Gasteiger charge is -2.07. The molecule has 0 aliphatic carbocycles. The van der Waals surface area contributed by atoms with Gasteiger partial charge < -0.3 is 10.2 Å². The van der Waals surface area contributed by atoms with Crippen LogP contribution in [0.2, 0.25) is 0 Å². The van der Waals surface area contributed by atoms with Crippen molar-refractivity contribution in [1.29, 1.82) is 0 Å². The van der Waals surface area contributed by atoms with Crippen molar-refractivity contribution in [2.75, 3.05) is 5.75 Å². The molecule has 8 heavy (non-hydrogen) atoms. The first-order valence-electron chi connectivity index (χ1n) is 2.45. The minimum Gasteiger partial charge on any atom is -0.367 e. The van der Waals surface area contributed by atoms with E-state index in [2.05, 4.69) is 0 Å². The molecule has 0 aromatic carbocycles. The summed E-state index contributed by atoms with van der Waals surface area (Å²) < 4.78 is 0. The van der Waals surface area contributed by atoms with E-state index in [9.17, 15) is 0 Å². The first-order valence-corrected chi connectivity index (χ1v) is 4.83. The van der Waals surface area contributed by atoms with Gasteiger partial charge in [0.15, 0.2) is 6.29 Å². The zero-order chi connectivity index (χ0) is 5.98. The van der Waals surface area contributed by atoms with Gasteiger partial charge in [-0.25, -0.2) is 0 Å². The Morgan fingerprint density at radius 1 is 1.50 bits per heavy atom. The minimum atomic E-state index is -1.12. The van der Waals surface area contributed by atoms with Gasteiger partial charge in [-0.15, -0.1) is 0 Å². The molecule has 0 aromatic heterocycles. The molecule has 1 aliphatic heterocycles. The first-order chi connectivity index (χ1) is 3.80. The summed E-state index contributed by atoms with van der Waals surface area (Å²) >= 11 is 0. The van der Waals surface area contributed by atoms with Crippen molar-refractivity contribution >= 4 is 21.6 Å². The van der Waals surface area contributed by atoms with Crippen LogP contribution in [0.3, 0.4) is 0 Å². The third kappa shape index (κ3) is 1.55. The Hall–Kier alpha value is 0.620. The number of hydrogen-bond acceptors (Lipinski definition) is 4. The van der Waals surface area contributed by atoms with Crippen LogP contribution in [0.25, 0.3) is 0 Å². The molecule has 1 saturated heterocycles. The standard InChI is InChI=1S/C4H8O2S2/c5-4(6)3-1-2-7-8-3/h3-6H,1-2H2. The van der Waals surface area contributed by atoms with E-state index in [1.807, 2.05) is 0 Å². The Balaban J connectivity index is 2.24. The molecule has 0 aromatic rings. The van der Waals surface area contributed by atoms with Crippen molar-refractivity contribution in [3.8, 4) is 0 Å². The fourth-order valence-corrected chi connectivity index (χ4v) is 3.32. The summed E-state index contributed by atoms with van der Waals surface area (Å²) in [5, 5.41) is 17.2. The molecule has 1 atom stereocenters. The van der Waals surface area contributed by atoms with Gasteiger partial charge in [0.05, 0.1) is 5.25 Å². The van der Waals surface area contributed by atoms with Crippen LogP contribution >= 0.6 is 21.6 Å². The van der Waals surface area contributed by atoms with Crippen LogP contribution in [0.1, 0.15) is 6.42 Å².